The first-order valence-electron chi connectivity index (χ1n) is 10.9. The molecule has 0 unspecified atom stereocenters. The minimum absolute atomic E-state index is 0.140. The molecule has 6 nitrogen and oxygen atoms in total. The standard InChI is InChI=1S/C26H27ClN4O2/c1-6-19-10-7-9-15(2)25(19)28-22(32)14-33-23-13-16(3)24-18(5)30-31(26(24)29-23)21-12-8-11-20(27)17(21)4/h7-13H,6,14H2,1-5H3,(H,28,32). The molecule has 2 aromatic carbocycles. The van der Waals surface area contributed by atoms with E-state index in [-0.39, 0.29) is 12.5 Å². The Balaban J connectivity index is 1.62. The number of benzene rings is 2. The van der Waals surface area contributed by atoms with Crippen molar-refractivity contribution in [1.82, 2.24) is 14.8 Å². The lowest BCUT2D eigenvalue weighted by Crippen LogP contribution is -2.22. The van der Waals surface area contributed by atoms with Crippen LogP contribution in [-0.4, -0.2) is 27.3 Å². The molecule has 0 aliphatic carbocycles. The van der Waals surface area contributed by atoms with Gasteiger partial charge in [-0.25, -0.2) is 4.68 Å². The van der Waals surface area contributed by atoms with E-state index in [0.717, 1.165) is 51.1 Å². The highest BCUT2D eigenvalue weighted by molar-refractivity contribution is 6.31. The number of rotatable bonds is 6. The number of carbonyl (C=O) groups is 1. The van der Waals surface area contributed by atoms with Crippen LogP contribution in [-0.2, 0) is 11.2 Å². The van der Waals surface area contributed by atoms with Crippen LogP contribution in [0.3, 0.4) is 0 Å². The molecule has 0 aliphatic rings. The highest BCUT2D eigenvalue weighted by Crippen LogP contribution is 2.29. The summed E-state index contributed by atoms with van der Waals surface area (Å²) in [7, 11) is 0. The average molecular weight is 463 g/mol. The molecule has 0 bridgehead atoms. The van der Waals surface area contributed by atoms with Gasteiger partial charge in [-0.1, -0.05) is 42.8 Å². The van der Waals surface area contributed by atoms with Crippen molar-refractivity contribution in [2.45, 2.75) is 41.0 Å². The third-order valence-electron chi connectivity index (χ3n) is 5.81. The summed E-state index contributed by atoms with van der Waals surface area (Å²) in [5.74, 6) is 0.144. The maximum Gasteiger partial charge on any atom is 0.262 e. The molecule has 0 radical (unpaired) electrons. The van der Waals surface area contributed by atoms with Crippen molar-refractivity contribution >= 4 is 34.2 Å². The quantitative estimate of drug-likeness (QED) is 0.388. The van der Waals surface area contributed by atoms with Gasteiger partial charge >= 0.3 is 0 Å². The van der Waals surface area contributed by atoms with Crippen molar-refractivity contribution in [2.75, 3.05) is 11.9 Å². The lowest BCUT2D eigenvalue weighted by molar-refractivity contribution is -0.118. The second-order valence-electron chi connectivity index (χ2n) is 8.16. The molecule has 4 aromatic rings. The van der Waals surface area contributed by atoms with Gasteiger partial charge in [0.2, 0.25) is 5.88 Å². The number of carbonyl (C=O) groups excluding carboxylic acids is 1. The second-order valence-corrected chi connectivity index (χ2v) is 8.56. The van der Waals surface area contributed by atoms with Crippen molar-refractivity contribution < 1.29 is 9.53 Å². The maximum absolute atomic E-state index is 12.6. The van der Waals surface area contributed by atoms with Gasteiger partial charge < -0.3 is 10.1 Å². The van der Waals surface area contributed by atoms with Crippen LogP contribution in [0.4, 0.5) is 5.69 Å². The van der Waals surface area contributed by atoms with Crippen LogP contribution >= 0.6 is 11.6 Å². The van der Waals surface area contributed by atoms with Crippen molar-refractivity contribution in [1.29, 1.82) is 0 Å². The molecule has 0 spiro atoms. The molecule has 0 fully saturated rings. The minimum Gasteiger partial charge on any atom is -0.467 e. The number of pyridine rings is 1. The van der Waals surface area contributed by atoms with E-state index in [9.17, 15) is 4.79 Å². The van der Waals surface area contributed by atoms with Gasteiger partial charge in [-0.3, -0.25) is 4.79 Å². The zero-order chi connectivity index (χ0) is 23.7. The van der Waals surface area contributed by atoms with E-state index in [4.69, 9.17) is 21.4 Å². The summed E-state index contributed by atoms with van der Waals surface area (Å²) in [5, 5.41) is 9.31. The molecule has 4 rings (SSSR count). The summed E-state index contributed by atoms with van der Waals surface area (Å²) in [6, 6.07) is 13.5. The highest BCUT2D eigenvalue weighted by Gasteiger charge is 2.17. The van der Waals surface area contributed by atoms with E-state index in [1.165, 1.54) is 0 Å². The Hall–Kier alpha value is -3.38. The van der Waals surface area contributed by atoms with Crippen LogP contribution in [0.5, 0.6) is 5.88 Å². The zero-order valence-corrected chi connectivity index (χ0v) is 20.2. The predicted octanol–water partition coefficient (Wildman–Crippen LogP) is 5.89. The van der Waals surface area contributed by atoms with Crippen molar-refractivity contribution in [2.24, 2.45) is 0 Å². The number of nitrogens with one attached hydrogen (secondary N) is 1. The second kappa shape index (κ2) is 9.24. The Bertz CT molecular complexity index is 1360. The molecule has 1 N–H and O–H groups in total. The summed E-state index contributed by atoms with van der Waals surface area (Å²) >= 11 is 6.34. The van der Waals surface area contributed by atoms with Crippen LogP contribution in [0.15, 0.2) is 42.5 Å². The van der Waals surface area contributed by atoms with Gasteiger partial charge in [-0.05, 0) is 68.5 Å². The number of amides is 1. The Kier molecular flexibility index (Phi) is 6.38. The van der Waals surface area contributed by atoms with Gasteiger partial charge in [0.15, 0.2) is 12.3 Å². The maximum atomic E-state index is 12.6. The largest absolute Gasteiger partial charge is 0.467 e. The van der Waals surface area contributed by atoms with Crippen molar-refractivity contribution in [3.05, 3.63) is 75.4 Å². The summed E-state index contributed by atoms with van der Waals surface area (Å²) in [4.78, 5) is 17.3. The van der Waals surface area contributed by atoms with Gasteiger partial charge in [0.1, 0.15) is 0 Å². The molecule has 7 heteroatoms. The number of hydrogen-bond donors (Lipinski definition) is 1. The number of aromatic nitrogens is 3. The lowest BCUT2D eigenvalue weighted by atomic mass is 10.1. The number of anilines is 1. The van der Waals surface area contributed by atoms with Crippen molar-refractivity contribution in [3.8, 4) is 11.6 Å². The van der Waals surface area contributed by atoms with Gasteiger partial charge in [0, 0.05) is 22.2 Å². The molecule has 0 saturated carbocycles. The molecule has 0 aliphatic heterocycles. The highest BCUT2D eigenvalue weighted by atomic mass is 35.5. The van der Waals surface area contributed by atoms with Crippen LogP contribution in [0, 0.1) is 27.7 Å². The zero-order valence-electron chi connectivity index (χ0n) is 19.5. The molecule has 170 valence electrons. The van der Waals surface area contributed by atoms with E-state index in [0.29, 0.717) is 16.5 Å². The number of hydrogen-bond acceptors (Lipinski definition) is 4. The molecular formula is C26H27ClN4O2. The minimum atomic E-state index is -0.228. The Morgan fingerprint density at radius 1 is 1.09 bits per heavy atom. The van der Waals surface area contributed by atoms with Crippen LogP contribution in [0.2, 0.25) is 5.02 Å². The first kappa shape index (κ1) is 22.8. The number of ether oxygens (including phenoxy) is 1. The Morgan fingerprint density at radius 3 is 2.61 bits per heavy atom. The molecular weight excluding hydrogens is 436 g/mol. The summed E-state index contributed by atoms with van der Waals surface area (Å²) in [6.07, 6.45) is 0.835. The van der Waals surface area contributed by atoms with E-state index < -0.39 is 0 Å². The molecule has 33 heavy (non-hydrogen) atoms. The fourth-order valence-electron chi connectivity index (χ4n) is 4.06. The number of nitrogens with zero attached hydrogens (tertiary/aromatic N) is 3. The van der Waals surface area contributed by atoms with Gasteiger partial charge in [-0.2, -0.15) is 10.1 Å². The van der Waals surface area contributed by atoms with Crippen LogP contribution in [0.25, 0.3) is 16.7 Å². The fraction of sp³-hybridized carbons (Fsp3) is 0.269. The fourth-order valence-corrected chi connectivity index (χ4v) is 4.23. The summed E-state index contributed by atoms with van der Waals surface area (Å²) < 4.78 is 7.59. The number of fused-ring (bicyclic) bond motifs is 1. The van der Waals surface area contributed by atoms with E-state index in [2.05, 4.69) is 17.2 Å². The number of halogens is 1. The SMILES string of the molecule is CCc1cccc(C)c1NC(=O)COc1cc(C)c2c(C)nn(-c3cccc(Cl)c3C)c2n1. The monoisotopic (exact) mass is 462 g/mol. The molecule has 0 atom stereocenters. The molecule has 2 aromatic heterocycles. The third kappa shape index (κ3) is 4.44. The van der Waals surface area contributed by atoms with Crippen LogP contribution < -0.4 is 10.1 Å². The van der Waals surface area contributed by atoms with Gasteiger partial charge in [0.05, 0.1) is 11.4 Å². The average Bonchev–Trinajstić information content (AvgIpc) is 3.12. The summed E-state index contributed by atoms with van der Waals surface area (Å²) in [6.45, 7) is 9.80. The normalized spacial score (nSPS) is 11.1. The topological polar surface area (TPSA) is 69.0 Å². The summed E-state index contributed by atoms with van der Waals surface area (Å²) in [5.41, 5.74) is 7.24. The van der Waals surface area contributed by atoms with Gasteiger partial charge in [-0.15, -0.1) is 0 Å². The third-order valence-corrected chi connectivity index (χ3v) is 6.22. The number of aryl methyl sites for hydroxylation is 4. The van der Waals surface area contributed by atoms with Crippen LogP contribution in [0.1, 0.15) is 34.9 Å². The first-order valence-corrected chi connectivity index (χ1v) is 11.3. The molecule has 1 amide bonds. The van der Waals surface area contributed by atoms with E-state index >= 15 is 0 Å². The lowest BCUT2D eigenvalue weighted by Gasteiger charge is -2.13. The van der Waals surface area contributed by atoms with Crippen molar-refractivity contribution in [3.63, 3.8) is 0 Å². The predicted molar refractivity (Wildman–Crippen MR) is 133 cm³/mol. The molecule has 0 saturated heterocycles. The first-order chi connectivity index (χ1) is 15.8. The van der Waals surface area contributed by atoms with E-state index in [1.807, 2.05) is 70.2 Å². The Labute approximate surface area is 198 Å². The molecule has 2 heterocycles. The number of para-hydroxylation sites is 1. The smallest absolute Gasteiger partial charge is 0.262 e. The van der Waals surface area contributed by atoms with Gasteiger partial charge in [0.25, 0.3) is 5.91 Å². The van der Waals surface area contributed by atoms with E-state index in [1.54, 1.807) is 4.68 Å². The Morgan fingerprint density at radius 2 is 1.85 bits per heavy atom.